The molecule has 1 aromatic rings. The highest BCUT2D eigenvalue weighted by Crippen LogP contribution is 2.53. The summed E-state index contributed by atoms with van der Waals surface area (Å²) < 4.78 is 1.34. The molecule has 4 fully saturated rings. The van der Waals surface area contributed by atoms with Crippen molar-refractivity contribution in [2.24, 2.45) is 23.7 Å². The zero-order chi connectivity index (χ0) is 15.3. The Labute approximate surface area is 128 Å². The molecule has 22 heavy (non-hydrogen) atoms. The molecule has 4 saturated carbocycles. The summed E-state index contributed by atoms with van der Waals surface area (Å²) in [6, 6.07) is 1.61. The van der Waals surface area contributed by atoms with Gasteiger partial charge >= 0.3 is 5.82 Å². The van der Waals surface area contributed by atoms with Crippen molar-refractivity contribution in [2.45, 2.75) is 44.7 Å². The summed E-state index contributed by atoms with van der Waals surface area (Å²) in [5.41, 5.74) is 0. The minimum atomic E-state index is -0.549. The molecule has 118 valence electrons. The van der Waals surface area contributed by atoms with Crippen LogP contribution in [-0.2, 0) is 11.3 Å². The van der Waals surface area contributed by atoms with E-state index in [1.807, 2.05) is 0 Å². The first kappa shape index (κ1) is 13.7. The fourth-order valence-electron chi connectivity index (χ4n) is 5.08. The first-order chi connectivity index (χ1) is 10.6. The minimum Gasteiger partial charge on any atom is -0.358 e. The molecule has 0 spiro atoms. The molecular weight excluding hydrogens is 284 g/mol. The molecular formula is C15H20N4O3. The van der Waals surface area contributed by atoms with E-state index in [1.54, 1.807) is 0 Å². The molecule has 0 saturated heterocycles. The Morgan fingerprint density at radius 3 is 2.45 bits per heavy atom. The van der Waals surface area contributed by atoms with Gasteiger partial charge in [-0.15, -0.1) is 0 Å². The molecule has 7 nitrogen and oxygen atoms in total. The summed E-state index contributed by atoms with van der Waals surface area (Å²) in [4.78, 5) is 22.3. The molecule has 4 aliphatic carbocycles. The summed E-state index contributed by atoms with van der Waals surface area (Å²) in [6.07, 6.45) is 7.89. The largest absolute Gasteiger partial charge is 0.389 e. The molecule has 4 bridgehead atoms. The van der Waals surface area contributed by atoms with E-state index in [4.69, 9.17) is 0 Å². The predicted molar refractivity (Wildman–Crippen MR) is 77.9 cm³/mol. The fraction of sp³-hybridized carbons (Fsp3) is 0.733. The van der Waals surface area contributed by atoms with Crippen molar-refractivity contribution < 1.29 is 9.72 Å². The Morgan fingerprint density at radius 2 is 1.91 bits per heavy atom. The number of nitro groups is 1. The van der Waals surface area contributed by atoms with Crippen molar-refractivity contribution in [3.63, 3.8) is 0 Å². The highest BCUT2D eigenvalue weighted by atomic mass is 16.6. The highest BCUT2D eigenvalue weighted by Gasteiger charge is 2.48. The third-order valence-corrected chi connectivity index (χ3v) is 5.67. The first-order valence-corrected chi connectivity index (χ1v) is 8.05. The van der Waals surface area contributed by atoms with E-state index in [9.17, 15) is 14.9 Å². The standard InChI is InChI=1S/C15H20N4O3/c20-14(8-18-2-1-13(17-18)19(21)22)16-15-11-4-9-3-10(6-11)7-12(15)5-9/h1-2,9-12,15H,3-8H2,(H,16,20). The number of hydrogen-bond donors (Lipinski definition) is 1. The summed E-state index contributed by atoms with van der Waals surface area (Å²) in [6.45, 7) is 0.0522. The quantitative estimate of drug-likeness (QED) is 0.677. The van der Waals surface area contributed by atoms with Gasteiger partial charge < -0.3 is 15.4 Å². The lowest BCUT2D eigenvalue weighted by molar-refractivity contribution is -0.389. The summed E-state index contributed by atoms with van der Waals surface area (Å²) >= 11 is 0. The second-order valence-electron chi connectivity index (χ2n) is 7.15. The molecule has 0 atom stereocenters. The molecule has 0 unspecified atom stereocenters. The van der Waals surface area contributed by atoms with Crippen molar-refractivity contribution in [3.05, 3.63) is 22.4 Å². The van der Waals surface area contributed by atoms with Crippen LogP contribution in [0.1, 0.15) is 32.1 Å². The van der Waals surface area contributed by atoms with Crippen LogP contribution in [0.3, 0.4) is 0 Å². The van der Waals surface area contributed by atoms with Crippen LogP contribution in [0.25, 0.3) is 0 Å². The second kappa shape index (κ2) is 5.07. The van der Waals surface area contributed by atoms with Gasteiger partial charge in [-0.1, -0.05) is 0 Å². The van der Waals surface area contributed by atoms with E-state index in [2.05, 4.69) is 10.4 Å². The van der Waals surface area contributed by atoms with Crippen molar-refractivity contribution in [1.29, 1.82) is 0 Å². The van der Waals surface area contributed by atoms with Crippen molar-refractivity contribution in [3.8, 4) is 0 Å². The number of hydrogen-bond acceptors (Lipinski definition) is 4. The number of nitrogens with one attached hydrogen (secondary N) is 1. The molecule has 4 aliphatic rings. The Hall–Kier alpha value is -1.92. The second-order valence-corrected chi connectivity index (χ2v) is 7.15. The lowest BCUT2D eigenvalue weighted by Gasteiger charge is -2.54. The van der Waals surface area contributed by atoms with Crippen molar-refractivity contribution in [1.82, 2.24) is 15.1 Å². The summed E-state index contributed by atoms with van der Waals surface area (Å²) in [5.74, 6) is 2.71. The summed E-state index contributed by atoms with van der Waals surface area (Å²) in [7, 11) is 0. The third kappa shape index (κ3) is 2.38. The van der Waals surface area contributed by atoms with Gasteiger partial charge in [0.1, 0.15) is 6.54 Å². The molecule has 0 aromatic carbocycles. The zero-order valence-electron chi connectivity index (χ0n) is 12.4. The maximum absolute atomic E-state index is 12.2. The van der Waals surface area contributed by atoms with Gasteiger partial charge in [0.25, 0.3) is 0 Å². The number of amides is 1. The van der Waals surface area contributed by atoms with Crippen molar-refractivity contribution >= 4 is 11.7 Å². The lowest BCUT2D eigenvalue weighted by Crippen LogP contribution is -2.56. The monoisotopic (exact) mass is 304 g/mol. The van der Waals surface area contributed by atoms with Crippen LogP contribution in [0.4, 0.5) is 5.82 Å². The van der Waals surface area contributed by atoms with Crippen LogP contribution in [0.2, 0.25) is 0 Å². The van der Waals surface area contributed by atoms with Crippen LogP contribution < -0.4 is 5.32 Å². The molecule has 0 radical (unpaired) electrons. The molecule has 0 aliphatic heterocycles. The number of aromatic nitrogens is 2. The molecule has 1 heterocycles. The Kier molecular flexibility index (Phi) is 3.16. The normalized spacial score (nSPS) is 35.5. The number of rotatable bonds is 4. The van der Waals surface area contributed by atoms with Crippen LogP contribution in [0.5, 0.6) is 0 Å². The van der Waals surface area contributed by atoms with Crippen LogP contribution in [0, 0.1) is 33.8 Å². The van der Waals surface area contributed by atoms with Gasteiger partial charge in [-0.2, -0.15) is 4.68 Å². The molecule has 5 rings (SSSR count). The Bertz CT molecular complexity index is 584. The van der Waals surface area contributed by atoms with Gasteiger partial charge in [-0.3, -0.25) is 4.79 Å². The predicted octanol–water partition coefficient (Wildman–Crippen LogP) is 1.73. The van der Waals surface area contributed by atoms with E-state index in [0.717, 1.165) is 11.8 Å². The van der Waals surface area contributed by atoms with Crippen LogP contribution in [0.15, 0.2) is 12.3 Å². The minimum absolute atomic E-state index is 0.0522. The van der Waals surface area contributed by atoms with Gasteiger partial charge in [0.15, 0.2) is 0 Å². The smallest absolute Gasteiger partial charge is 0.358 e. The van der Waals surface area contributed by atoms with Crippen LogP contribution in [-0.4, -0.2) is 26.7 Å². The molecule has 7 heteroatoms. The molecule has 1 amide bonds. The van der Waals surface area contributed by atoms with Gasteiger partial charge in [0.2, 0.25) is 5.91 Å². The lowest BCUT2D eigenvalue weighted by atomic mass is 9.54. The van der Waals surface area contributed by atoms with E-state index >= 15 is 0 Å². The number of nitrogens with zero attached hydrogens (tertiary/aromatic N) is 3. The maximum Gasteiger partial charge on any atom is 0.389 e. The zero-order valence-corrected chi connectivity index (χ0v) is 12.4. The van der Waals surface area contributed by atoms with Gasteiger partial charge in [-0.05, 0) is 60.7 Å². The Morgan fingerprint density at radius 1 is 1.27 bits per heavy atom. The van der Waals surface area contributed by atoms with E-state index in [1.165, 1.54) is 49.0 Å². The Balaban J connectivity index is 1.38. The van der Waals surface area contributed by atoms with Crippen LogP contribution >= 0.6 is 0 Å². The van der Waals surface area contributed by atoms with E-state index in [-0.39, 0.29) is 18.3 Å². The number of carbonyl (C=O) groups is 1. The average molecular weight is 304 g/mol. The topological polar surface area (TPSA) is 90.1 Å². The fourth-order valence-corrected chi connectivity index (χ4v) is 5.08. The van der Waals surface area contributed by atoms with Gasteiger partial charge in [0.05, 0.1) is 17.4 Å². The molecule has 1 aromatic heterocycles. The van der Waals surface area contributed by atoms with E-state index in [0.29, 0.717) is 17.9 Å². The average Bonchev–Trinajstić information content (AvgIpc) is 2.90. The molecule has 1 N–H and O–H groups in total. The van der Waals surface area contributed by atoms with Crippen molar-refractivity contribution in [2.75, 3.05) is 0 Å². The summed E-state index contributed by atoms with van der Waals surface area (Å²) in [5, 5.41) is 17.6. The third-order valence-electron chi connectivity index (χ3n) is 5.67. The highest BCUT2D eigenvalue weighted by molar-refractivity contribution is 5.76. The first-order valence-electron chi connectivity index (χ1n) is 8.05. The van der Waals surface area contributed by atoms with Gasteiger partial charge in [0, 0.05) is 6.04 Å². The maximum atomic E-state index is 12.2. The number of carbonyl (C=O) groups excluding carboxylic acids is 1. The van der Waals surface area contributed by atoms with Gasteiger partial charge in [-0.25, -0.2) is 0 Å². The van der Waals surface area contributed by atoms with E-state index < -0.39 is 4.92 Å². The SMILES string of the molecule is O=C(Cn1ccc([N+](=O)[O-])n1)NC1C2CC3CC(C2)CC1C3.